The van der Waals surface area contributed by atoms with E-state index in [9.17, 15) is 22.0 Å². The molecule has 1 aliphatic carbocycles. The van der Waals surface area contributed by atoms with Crippen LogP contribution in [0.2, 0.25) is 10.0 Å². The zero-order valence-electron chi connectivity index (χ0n) is 25.1. The fourth-order valence-electron chi connectivity index (χ4n) is 5.26. The highest BCUT2D eigenvalue weighted by Gasteiger charge is 2.42. The lowest BCUT2D eigenvalue weighted by molar-refractivity contribution is -0.152. The van der Waals surface area contributed by atoms with Gasteiger partial charge in [0.1, 0.15) is 24.5 Å². The van der Waals surface area contributed by atoms with E-state index in [1.807, 2.05) is 11.9 Å². The molecule has 6 rings (SSSR count). The summed E-state index contributed by atoms with van der Waals surface area (Å²) in [5.41, 5.74) is 1.45. The zero-order chi connectivity index (χ0) is 33.3. The Hall–Kier alpha value is -3.04. The molecule has 47 heavy (non-hydrogen) atoms. The molecule has 0 amide bonds. The van der Waals surface area contributed by atoms with E-state index in [2.05, 4.69) is 9.72 Å². The van der Waals surface area contributed by atoms with E-state index in [1.54, 1.807) is 6.07 Å². The average molecular weight is 731 g/mol. The number of thioether (sulfide) groups is 1. The summed E-state index contributed by atoms with van der Waals surface area (Å²) in [5.74, 6) is 0.188. The van der Waals surface area contributed by atoms with Crippen LogP contribution in [0.5, 0.6) is 17.2 Å². The van der Waals surface area contributed by atoms with Gasteiger partial charge in [-0.15, -0.1) is 11.8 Å². The van der Waals surface area contributed by atoms with Gasteiger partial charge < -0.3 is 23.8 Å². The summed E-state index contributed by atoms with van der Waals surface area (Å²) in [6.07, 6.45) is 3.65. The molecule has 1 aromatic heterocycles. The summed E-state index contributed by atoms with van der Waals surface area (Å²) in [7, 11) is -2.28. The molecule has 10 nitrogen and oxygen atoms in total. The Bertz CT molecular complexity index is 1730. The zero-order valence-corrected chi connectivity index (χ0v) is 28.3. The van der Waals surface area contributed by atoms with E-state index in [-0.39, 0.29) is 44.5 Å². The highest BCUT2D eigenvalue weighted by molar-refractivity contribution is 8.00. The Labute approximate surface area is 285 Å². The highest BCUT2D eigenvalue weighted by atomic mass is 35.5. The molecule has 252 valence electrons. The minimum Gasteiger partial charge on any atom is -0.490 e. The molecule has 0 bridgehead atoms. The van der Waals surface area contributed by atoms with Crippen molar-refractivity contribution in [1.29, 1.82) is 0 Å². The summed E-state index contributed by atoms with van der Waals surface area (Å²) in [6, 6.07) is 7.74. The summed E-state index contributed by atoms with van der Waals surface area (Å²) >= 11 is 14.1. The predicted octanol–water partition coefficient (Wildman–Crippen LogP) is 6.20. The molecule has 3 aliphatic rings. The lowest BCUT2D eigenvalue weighted by Crippen LogP contribution is -2.43. The second-order valence-corrected chi connectivity index (χ2v) is 15.1. The van der Waals surface area contributed by atoms with Crippen LogP contribution < -0.4 is 19.1 Å². The van der Waals surface area contributed by atoms with Gasteiger partial charge in [0.15, 0.2) is 11.5 Å². The van der Waals surface area contributed by atoms with Crippen LogP contribution >= 0.6 is 35.0 Å². The molecule has 0 spiro atoms. The van der Waals surface area contributed by atoms with Gasteiger partial charge in [0.2, 0.25) is 10.0 Å². The van der Waals surface area contributed by atoms with Crippen molar-refractivity contribution in [3.8, 4) is 17.2 Å². The number of rotatable bonds is 12. The molecule has 0 unspecified atom stereocenters. The quantitative estimate of drug-likeness (QED) is 0.200. The fourth-order valence-corrected chi connectivity index (χ4v) is 8.93. The van der Waals surface area contributed by atoms with Crippen molar-refractivity contribution in [3.05, 3.63) is 70.0 Å². The molecule has 1 saturated heterocycles. The lowest BCUT2D eigenvalue weighted by atomic mass is 10.0. The maximum atomic E-state index is 13.9. The number of esters is 1. The molecule has 2 fully saturated rings. The van der Waals surface area contributed by atoms with E-state index in [4.69, 9.17) is 37.4 Å². The van der Waals surface area contributed by atoms with E-state index in [0.717, 1.165) is 17.1 Å². The molecule has 3 heterocycles. The van der Waals surface area contributed by atoms with Gasteiger partial charge in [-0.25, -0.2) is 8.42 Å². The standard InChI is InChI=1S/C31H31Cl2F2N3O7S2/c1-37-8-9-42-26-7-5-20(11-24(26)37)47(40,41)38-17-46-16-25(38)30(39)44-28(12-21-22(32)13-36-14-23(21)33)19-4-6-27(45-31(34)35)29(10-19)43-15-18-2-3-18/h4-7,10-11,13-14,18,25,28,31H,2-3,8-9,12,15-17H2,1H3/t25-,28-/m0/s1. The second kappa shape index (κ2) is 14.2. The number of ether oxygens (including phenoxy) is 4. The van der Waals surface area contributed by atoms with E-state index >= 15 is 0 Å². The van der Waals surface area contributed by atoms with Crippen molar-refractivity contribution < 1.29 is 40.9 Å². The minimum atomic E-state index is -4.12. The van der Waals surface area contributed by atoms with Crippen molar-refractivity contribution in [1.82, 2.24) is 9.29 Å². The Morgan fingerprint density at radius 2 is 1.89 bits per heavy atom. The van der Waals surface area contributed by atoms with Crippen LogP contribution in [0.4, 0.5) is 14.5 Å². The third kappa shape index (κ3) is 7.67. The SMILES string of the molecule is CN1CCOc2ccc(S(=O)(=O)N3CSC[C@H]3C(=O)O[C@@H](Cc3c(Cl)cncc3Cl)c3ccc(OC(F)F)c(OCC4CC4)c3)cc21. The lowest BCUT2D eigenvalue weighted by Gasteiger charge is -2.29. The molecule has 2 aliphatic heterocycles. The molecular formula is C31H31Cl2F2N3O7S2. The van der Waals surface area contributed by atoms with Crippen LogP contribution in [-0.2, 0) is 26.0 Å². The van der Waals surface area contributed by atoms with E-state index in [0.29, 0.717) is 48.2 Å². The van der Waals surface area contributed by atoms with Crippen molar-refractivity contribution in [2.75, 3.05) is 43.3 Å². The summed E-state index contributed by atoms with van der Waals surface area (Å²) < 4.78 is 77.6. The van der Waals surface area contributed by atoms with Crippen LogP contribution in [0.25, 0.3) is 0 Å². The molecular weight excluding hydrogens is 699 g/mol. The number of carbonyl (C=O) groups is 1. The number of alkyl halides is 2. The summed E-state index contributed by atoms with van der Waals surface area (Å²) in [6.45, 7) is -1.69. The number of pyridine rings is 1. The monoisotopic (exact) mass is 729 g/mol. The molecule has 2 atom stereocenters. The number of carbonyl (C=O) groups excluding carboxylic acids is 1. The van der Waals surface area contributed by atoms with Gasteiger partial charge in [-0.3, -0.25) is 9.78 Å². The maximum Gasteiger partial charge on any atom is 0.387 e. The van der Waals surface area contributed by atoms with Crippen molar-refractivity contribution in [2.45, 2.75) is 42.9 Å². The third-order valence-electron chi connectivity index (χ3n) is 8.07. The Balaban J connectivity index is 1.30. The van der Waals surface area contributed by atoms with Gasteiger partial charge in [0, 0.05) is 31.6 Å². The van der Waals surface area contributed by atoms with Gasteiger partial charge in [-0.1, -0.05) is 29.3 Å². The number of fused-ring (bicyclic) bond motifs is 1. The smallest absolute Gasteiger partial charge is 0.387 e. The van der Waals surface area contributed by atoms with Crippen LogP contribution in [0.3, 0.4) is 0 Å². The number of benzene rings is 2. The van der Waals surface area contributed by atoms with Crippen LogP contribution in [-0.4, -0.2) is 74.8 Å². The normalized spacial score (nSPS) is 18.9. The van der Waals surface area contributed by atoms with Crippen LogP contribution in [0.15, 0.2) is 53.7 Å². The van der Waals surface area contributed by atoms with E-state index < -0.39 is 34.7 Å². The number of hydrogen-bond donors (Lipinski definition) is 0. The first-order valence-electron chi connectivity index (χ1n) is 14.8. The molecule has 0 radical (unpaired) electrons. The highest BCUT2D eigenvalue weighted by Crippen LogP contribution is 2.40. The molecule has 2 aromatic carbocycles. The number of sulfonamides is 1. The largest absolute Gasteiger partial charge is 0.490 e. The number of aromatic nitrogens is 1. The third-order valence-corrected chi connectivity index (χ3v) is 11.8. The average Bonchev–Trinajstić information content (AvgIpc) is 3.73. The van der Waals surface area contributed by atoms with Gasteiger partial charge in [0.25, 0.3) is 0 Å². The van der Waals surface area contributed by atoms with Gasteiger partial charge in [-0.2, -0.15) is 13.1 Å². The Morgan fingerprint density at radius 1 is 1.13 bits per heavy atom. The van der Waals surface area contributed by atoms with Crippen molar-refractivity contribution in [3.63, 3.8) is 0 Å². The van der Waals surface area contributed by atoms with Crippen LogP contribution in [0.1, 0.15) is 30.1 Å². The van der Waals surface area contributed by atoms with Crippen molar-refractivity contribution in [2.24, 2.45) is 5.92 Å². The molecule has 16 heteroatoms. The topological polar surface area (TPSA) is 108 Å². The van der Waals surface area contributed by atoms with Gasteiger partial charge in [-0.05, 0) is 60.2 Å². The number of nitrogens with zero attached hydrogens (tertiary/aromatic N) is 3. The maximum absolute atomic E-state index is 13.9. The number of halogens is 4. The number of likely N-dealkylation sites (N-methyl/N-ethyl adjacent to an activating group) is 1. The van der Waals surface area contributed by atoms with Gasteiger partial charge >= 0.3 is 12.6 Å². The molecule has 0 N–H and O–H groups in total. The summed E-state index contributed by atoms with van der Waals surface area (Å²) in [4.78, 5) is 19.8. The summed E-state index contributed by atoms with van der Waals surface area (Å²) in [5, 5.41) is 0.451. The number of anilines is 1. The first-order valence-corrected chi connectivity index (χ1v) is 18.1. The molecule has 3 aromatic rings. The fraction of sp³-hybridized carbons (Fsp3) is 0.419. The molecule has 1 saturated carbocycles. The first-order chi connectivity index (χ1) is 22.5. The first kappa shape index (κ1) is 33.8. The van der Waals surface area contributed by atoms with Crippen LogP contribution in [0, 0.1) is 5.92 Å². The second-order valence-electron chi connectivity index (χ2n) is 11.4. The Kier molecular flexibility index (Phi) is 10.2. The minimum absolute atomic E-state index is 0.0210. The van der Waals surface area contributed by atoms with Crippen molar-refractivity contribution >= 4 is 56.6 Å². The van der Waals surface area contributed by atoms with E-state index in [1.165, 1.54) is 54.5 Å². The van der Waals surface area contributed by atoms with Gasteiger partial charge in [0.05, 0.1) is 39.7 Å². The number of hydrogen-bond acceptors (Lipinski definition) is 10. The Morgan fingerprint density at radius 3 is 2.62 bits per heavy atom. The predicted molar refractivity (Wildman–Crippen MR) is 173 cm³/mol.